The van der Waals surface area contributed by atoms with Crippen LogP contribution in [0.15, 0.2) is 42.5 Å². The molecule has 3 amide bonds. The van der Waals surface area contributed by atoms with E-state index in [2.05, 4.69) is 47.6 Å². The Bertz CT molecular complexity index is 1760. The average molecular weight is 728 g/mol. The number of methoxy groups -OCH3 is 1. The van der Waals surface area contributed by atoms with Gasteiger partial charge in [0.25, 0.3) is 11.8 Å². The van der Waals surface area contributed by atoms with Crippen LogP contribution in [0.25, 0.3) is 11.3 Å². The number of carbonyl (C=O) groups is 3. The lowest BCUT2D eigenvalue weighted by molar-refractivity contribution is 0.0193. The number of benzene rings is 2. The molecule has 1 saturated heterocycles. The number of aromatic nitrogens is 1. The van der Waals surface area contributed by atoms with Crippen LogP contribution in [0, 0.1) is 6.92 Å². The molecule has 3 aromatic rings. The summed E-state index contributed by atoms with van der Waals surface area (Å²) in [6, 6.07) is 14.3. The maximum Gasteiger partial charge on any atom is 0.407 e. The van der Waals surface area contributed by atoms with Gasteiger partial charge in [0.15, 0.2) is 0 Å². The molecule has 0 saturated carbocycles. The van der Waals surface area contributed by atoms with Crippen LogP contribution in [-0.4, -0.2) is 119 Å². The highest BCUT2D eigenvalue weighted by molar-refractivity contribution is 6.03. The van der Waals surface area contributed by atoms with Gasteiger partial charge in [0.2, 0.25) is 0 Å². The van der Waals surface area contributed by atoms with Gasteiger partial charge in [-0.15, -0.1) is 0 Å². The third kappa shape index (κ3) is 8.63. The van der Waals surface area contributed by atoms with Gasteiger partial charge in [-0.05, 0) is 73.1 Å². The fourth-order valence-corrected chi connectivity index (χ4v) is 8.12. The normalized spacial score (nSPS) is 17.4. The first-order chi connectivity index (χ1) is 25.7. The van der Waals surface area contributed by atoms with Crippen LogP contribution in [0.2, 0.25) is 0 Å². The second-order valence-corrected chi connectivity index (χ2v) is 14.8. The molecule has 0 radical (unpaired) electrons. The smallest absolute Gasteiger partial charge is 0.407 e. The summed E-state index contributed by atoms with van der Waals surface area (Å²) in [5, 5.41) is 9.91. The Kier molecular flexibility index (Phi) is 12.9. The van der Waals surface area contributed by atoms with Gasteiger partial charge in [0, 0.05) is 94.6 Å². The second kappa shape index (κ2) is 17.8. The van der Waals surface area contributed by atoms with E-state index < -0.39 is 6.09 Å². The van der Waals surface area contributed by atoms with Gasteiger partial charge >= 0.3 is 6.09 Å². The Balaban J connectivity index is 1.47. The first-order valence-corrected chi connectivity index (χ1v) is 19.5. The fourth-order valence-electron chi connectivity index (χ4n) is 8.12. The van der Waals surface area contributed by atoms with E-state index in [0.29, 0.717) is 70.1 Å². The first-order valence-electron chi connectivity index (χ1n) is 19.5. The lowest BCUT2D eigenvalue weighted by atomic mass is 9.89. The van der Waals surface area contributed by atoms with Crippen molar-refractivity contribution in [1.29, 1.82) is 0 Å². The maximum absolute atomic E-state index is 15.3. The molecule has 6 rings (SSSR count). The first kappa shape index (κ1) is 38.5. The fraction of sp³-hybridized carbons (Fsp3) is 0.548. The molecule has 3 aliphatic heterocycles. The largest absolute Gasteiger partial charge is 0.465 e. The molecular formula is C42H57N5O6. The van der Waals surface area contributed by atoms with Crippen LogP contribution in [0.1, 0.15) is 88.2 Å². The van der Waals surface area contributed by atoms with Crippen LogP contribution < -0.4 is 0 Å². The van der Waals surface area contributed by atoms with Gasteiger partial charge in [0.1, 0.15) is 0 Å². The van der Waals surface area contributed by atoms with E-state index in [0.717, 1.165) is 85.4 Å². The van der Waals surface area contributed by atoms with Crippen LogP contribution in [0.5, 0.6) is 0 Å². The molecule has 1 N–H and O–H groups in total. The van der Waals surface area contributed by atoms with Gasteiger partial charge in [-0.1, -0.05) is 51.0 Å². The highest BCUT2D eigenvalue weighted by atomic mass is 16.5. The van der Waals surface area contributed by atoms with Crippen molar-refractivity contribution in [3.05, 3.63) is 81.5 Å². The number of fused-ring (bicyclic) bond motifs is 2. The van der Waals surface area contributed by atoms with E-state index in [9.17, 15) is 14.7 Å². The molecule has 4 heterocycles. The number of unbranched alkanes of at least 4 members (excludes halogenated alkanes) is 2. The number of nitrogens with zero attached hydrogens (tertiary/aromatic N) is 5. The quantitative estimate of drug-likeness (QED) is 0.214. The van der Waals surface area contributed by atoms with Crippen molar-refractivity contribution < 1.29 is 29.0 Å². The summed E-state index contributed by atoms with van der Waals surface area (Å²) in [5.41, 5.74) is 7.89. The van der Waals surface area contributed by atoms with Crippen LogP contribution in [-0.2, 0) is 41.9 Å². The van der Waals surface area contributed by atoms with E-state index in [4.69, 9.17) is 9.47 Å². The Morgan fingerprint density at radius 3 is 2.30 bits per heavy atom. The zero-order valence-electron chi connectivity index (χ0n) is 32.1. The number of carbonyl (C=O) groups excluding carboxylic acids is 2. The van der Waals surface area contributed by atoms with Crippen molar-refractivity contribution in [2.75, 3.05) is 66.2 Å². The second-order valence-electron chi connectivity index (χ2n) is 14.8. The minimum Gasteiger partial charge on any atom is -0.465 e. The lowest BCUT2D eigenvalue weighted by Crippen LogP contribution is -2.52. The summed E-state index contributed by atoms with van der Waals surface area (Å²) in [7, 11) is 1.67. The molecule has 1 aromatic heterocycles. The zero-order valence-corrected chi connectivity index (χ0v) is 32.1. The standard InChI is InChI=1S/C42H57N5O6/c1-5-7-14-44(15-8-6-2)40(48)36-26-39(46(30(36)3)19-20-52-4)37-24-32-13-16-45(42(50)51)27-34(32)25-38(37)41(49)47-28-33-12-10-9-11-31(33)23-35(47)29-43-17-21-53-22-18-43/h9-12,24-26,35H,5-8,13-23,27-29H2,1-4H3,(H,50,51)/t35-/m0/s1. The van der Waals surface area contributed by atoms with Crippen molar-refractivity contribution in [3.63, 3.8) is 0 Å². The summed E-state index contributed by atoms with van der Waals surface area (Å²) < 4.78 is 13.3. The molecule has 2 aromatic carbocycles. The van der Waals surface area contributed by atoms with Crippen LogP contribution in [0.4, 0.5) is 4.79 Å². The maximum atomic E-state index is 15.3. The minimum atomic E-state index is -0.964. The van der Waals surface area contributed by atoms with E-state index in [1.165, 1.54) is 10.5 Å². The number of hydrogen-bond donors (Lipinski definition) is 1. The topological polar surface area (TPSA) is 108 Å². The number of hydrogen-bond acceptors (Lipinski definition) is 6. The highest BCUT2D eigenvalue weighted by Crippen LogP contribution is 2.36. The number of ether oxygens (including phenoxy) is 2. The molecule has 3 aliphatic rings. The molecule has 0 unspecified atom stereocenters. The molecule has 53 heavy (non-hydrogen) atoms. The number of carboxylic acid groups (broad SMARTS) is 1. The number of morpholine rings is 1. The van der Waals surface area contributed by atoms with Crippen molar-refractivity contribution in [2.45, 2.75) is 85.0 Å². The van der Waals surface area contributed by atoms with Crippen molar-refractivity contribution in [3.8, 4) is 11.3 Å². The molecule has 0 aliphatic carbocycles. The molecular weight excluding hydrogens is 670 g/mol. The molecule has 0 bridgehead atoms. The lowest BCUT2D eigenvalue weighted by Gasteiger charge is -2.41. The van der Waals surface area contributed by atoms with E-state index in [1.54, 1.807) is 7.11 Å². The predicted molar refractivity (Wildman–Crippen MR) is 205 cm³/mol. The molecule has 11 nitrogen and oxygen atoms in total. The third-order valence-electron chi connectivity index (χ3n) is 11.3. The minimum absolute atomic E-state index is 0.0166. The predicted octanol–water partition coefficient (Wildman–Crippen LogP) is 6.09. The van der Waals surface area contributed by atoms with Crippen molar-refractivity contribution in [2.24, 2.45) is 0 Å². The summed E-state index contributed by atoms with van der Waals surface area (Å²) >= 11 is 0. The Morgan fingerprint density at radius 2 is 1.62 bits per heavy atom. The zero-order chi connectivity index (χ0) is 37.5. The van der Waals surface area contributed by atoms with E-state index >= 15 is 4.79 Å². The van der Waals surface area contributed by atoms with Crippen LogP contribution in [0.3, 0.4) is 0 Å². The van der Waals surface area contributed by atoms with Crippen LogP contribution >= 0.6 is 0 Å². The molecule has 0 spiro atoms. The molecule has 286 valence electrons. The van der Waals surface area contributed by atoms with Crippen molar-refractivity contribution in [1.82, 2.24) is 24.2 Å². The van der Waals surface area contributed by atoms with E-state index in [-0.39, 0.29) is 24.4 Å². The van der Waals surface area contributed by atoms with Gasteiger partial charge in [-0.3, -0.25) is 14.5 Å². The SMILES string of the molecule is CCCCN(CCCC)C(=O)c1cc(-c2cc3c(cc2C(=O)N2Cc4ccccc4C[C@H]2CN2CCOCC2)CN(C(=O)O)CC3)n(CCOC)c1C. The highest BCUT2D eigenvalue weighted by Gasteiger charge is 2.35. The monoisotopic (exact) mass is 727 g/mol. The Hall–Kier alpha value is -4.19. The molecule has 1 atom stereocenters. The average Bonchev–Trinajstić information content (AvgIpc) is 3.50. The van der Waals surface area contributed by atoms with Gasteiger partial charge in [0.05, 0.1) is 25.4 Å². The van der Waals surface area contributed by atoms with E-state index in [1.807, 2.05) is 34.9 Å². The number of amides is 3. The third-order valence-corrected chi connectivity index (χ3v) is 11.3. The summed E-state index contributed by atoms with van der Waals surface area (Å²) in [6.45, 7) is 13.5. The molecule has 11 heteroatoms. The molecule has 1 fully saturated rings. The Labute approximate surface area is 314 Å². The summed E-state index contributed by atoms with van der Waals surface area (Å²) in [4.78, 5) is 49.5. The van der Waals surface area contributed by atoms with Gasteiger partial charge in [-0.2, -0.15) is 0 Å². The van der Waals surface area contributed by atoms with Gasteiger partial charge < -0.3 is 33.8 Å². The summed E-state index contributed by atoms with van der Waals surface area (Å²) in [5.74, 6) is -0.0662. The number of rotatable bonds is 14. The van der Waals surface area contributed by atoms with Gasteiger partial charge in [-0.25, -0.2) is 4.79 Å². The van der Waals surface area contributed by atoms with Crippen molar-refractivity contribution >= 4 is 17.9 Å². The summed E-state index contributed by atoms with van der Waals surface area (Å²) in [6.07, 6.45) is 4.21. The Morgan fingerprint density at radius 1 is 0.906 bits per heavy atom.